The van der Waals surface area contributed by atoms with Crippen LogP contribution in [0.25, 0.3) is 0 Å². The molecule has 0 saturated carbocycles. The van der Waals surface area contributed by atoms with Crippen molar-refractivity contribution in [3.8, 4) is 0 Å². The summed E-state index contributed by atoms with van der Waals surface area (Å²) in [5.41, 5.74) is 3.19. The quantitative estimate of drug-likeness (QED) is 0.315. The molecule has 3 heterocycles. The summed E-state index contributed by atoms with van der Waals surface area (Å²) in [5, 5.41) is 25.1. The molecule has 3 amide bonds. The fraction of sp³-hybridized carbons (Fsp3) is 0.343. The van der Waals surface area contributed by atoms with Gasteiger partial charge >= 0.3 is 0 Å². The first kappa shape index (κ1) is 31.2. The smallest absolute Gasteiger partial charge is 0.264 e. The van der Waals surface area contributed by atoms with Crippen molar-refractivity contribution in [2.45, 2.75) is 44.5 Å². The van der Waals surface area contributed by atoms with Gasteiger partial charge in [0, 0.05) is 47.7 Å². The Morgan fingerprint density at radius 2 is 1.87 bits per heavy atom. The zero-order valence-corrected chi connectivity index (χ0v) is 26.7. The minimum absolute atomic E-state index is 0.0199. The molecule has 3 aromatic rings. The van der Waals surface area contributed by atoms with Crippen molar-refractivity contribution in [1.29, 1.82) is 0 Å². The van der Waals surface area contributed by atoms with Gasteiger partial charge in [0.1, 0.15) is 0 Å². The minimum atomic E-state index is -1.83. The maximum absolute atomic E-state index is 14.0. The van der Waals surface area contributed by atoms with E-state index in [2.05, 4.69) is 21.2 Å². The van der Waals surface area contributed by atoms with Gasteiger partial charge in [-0.15, -0.1) is 0 Å². The van der Waals surface area contributed by atoms with Crippen molar-refractivity contribution >= 4 is 45.0 Å². The number of nitrogens with zero attached hydrogens (tertiary/aromatic N) is 3. The molecule has 0 aromatic heterocycles. The predicted molar refractivity (Wildman–Crippen MR) is 175 cm³/mol. The van der Waals surface area contributed by atoms with E-state index in [4.69, 9.17) is 0 Å². The van der Waals surface area contributed by atoms with Crippen molar-refractivity contribution in [2.24, 2.45) is 5.92 Å². The Bertz CT molecular complexity index is 1640. The highest BCUT2D eigenvalue weighted by Gasteiger charge is 2.52. The number of nitrogens with one attached hydrogen (secondary N) is 1. The van der Waals surface area contributed by atoms with E-state index >= 15 is 0 Å². The van der Waals surface area contributed by atoms with Crippen molar-refractivity contribution in [2.75, 3.05) is 36.0 Å². The van der Waals surface area contributed by atoms with Gasteiger partial charge in [0.05, 0.1) is 31.4 Å². The molecular formula is C35H37BrN4O5. The number of hydrogen-bond donors (Lipinski definition) is 3. The first-order valence-electron chi connectivity index (χ1n) is 15.3. The monoisotopic (exact) mass is 672 g/mol. The van der Waals surface area contributed by atoms with Crippen molar-refractivity contribution in [3.63, 3.8) is 0 Å². The molecule has 3 aromatic carbocycles. The number of halogens is 1. The number of piperazine rings is 1. The molecule has 3 aliphatic rings. The maximum Gasteiger partial charge on any atom is 0.264 e. The fourth-order valence-electron chi connectivity index (χ4n) is 6.59. The summed E-state index contributed by atoms with van der Waals surface area (Å²) in [7, 11) is 0. The number of aliphatic hydroxyl groups is 2. The van der Waals surface area contributed by atoms with Gasteiger partial charge in [0.25, 0.3) is 5.91 Å². The molecule has 0 bridgehead atoms. The molecule has 10 heteroatoms. The molecule has 45 heavy (non-hydrogen) atoms. The summed E-state index contributed by atoms with van der Waals surface area (Å²) in [6.45, 7) is 3.99. The highest BCUT2D eigenvalue weighted by molar-refractivity contribution is 9.10. The molecule has 6 rings (SSSR count). The summed E-state index contributed by atoms with van der Waals surface area (Å²) < 4.78 is 0.742. The first-order chi connectivity index (χ1) is 21.7. The number of anilines is 2. The van der Waals surface area contributed by atoms with Crippen LogP contribution in [-0.2, 0) is 39.5 Å². The molecule has 3 N–H and O–H groups in total. The lowest BCUT2D eigenvalue weighted by Crippen LogP contribution is -2.48. The Morgan fingerprint density at radius 1 is 1.11 bits per heavy atom. The topological polar surface area (TPSA) is 113 Å². The van der Waals surface area contributed by atoms with Crippen LogP contribution in [-0.4, -0.2) is 65.1 Å². The average molecular weight is 674 g/mol. The van der Waals surface area contributed by atoms with Crippen LogP contribution in [0, 0.1) is 5.92 Å². The summed E-state index contributed by atoms with van der Waals surface area (Å²) >= 11 is 3.50. The Morgan fingerprint density at radius 3 is 2.60 bits per heavy atom. The zero-order valence-electron chi connectivity index (χ0n) is 25.2. The van der Waals surface area contributed by atoms with Crippen LogP contribution in [0.5, 0.6) is 0 Å². The number of amides is 3. The van der Waals surface area contributed by atoms with Crippen LogP contribution in [0.4, 0.5) is 11.4 Å². The van der Waals surface area contributed by atoms with Gasteiger partial charge in [0.2, 0.25) is 11.8 Å². The first-order valence-corrected chi connectivity index (χ1v) is 16.1. The van der Waals surface area contributed by atoms with E-state index in [1.165, 1.54) is 0 Å². The highest BCUT2D eigenvalue weighted by Crippen LogP contribution is 2.46. The number of carbonyl (C=O) groups is 3. The summed E-state index contributed by atoms with van der Waals surface area (Å²) in [5.74, 6) is -1.17. The number of rotatable bonds is 8. The van der Waals surface area contributed by atoms with Crippen LogP contribution in [0.1, 0.15) is 35.6 Å². The number of carbonyl (C=O) groups excluding carboxylic acids is 3. The number of aliphatic hydroxyl groups excluding tert-OH is 1. The van der Waals surface area contributed by atoms with Gasteiger partial charge in [-0.25, -0.2) is 0 Å². The van der Waals surface area contributed by atoms with Crippen LogP contribution in [0.2, 0.25) is 0 Å². The second-order valence-electron chi connectivity index (χ2n) is 12.0. The third-order valence-electron chi connectivity index (χ3n) is 9.17. The van der Waals surface area contributed by atoms with E-state index in [9.17, 15) is 24.6 Å². The van der Waals surface area contributed by atoms with Gasteiger partial charge in [-0.05, 0) is 53.4 Å². The van der Waals surface area contributed by atoms with Crippen LogP contribution in [0.3, 0.4) is 0 Å². The van der Waals surface area contributed by atoms with Gasteiger partial charge < -0.3 is 30.2 Å². The lowest BCUT2D eigenvalue weighted by atomic mass is 9.83. The normalized spacial score (nSPS) is 22.1. The number of fused-ring (bicyclic) bond motifs is 2. The van der Waals surface area contributed by atoms with Crippen LogP contribution >= 0.6 is 15.9 Å². The fourth-order valence-corrected chi connectivity index (χ4v) is 6.95. The lowest BCUT2D eigenvalue weighted by molar-refractivity contribution is -0.139. The van der Waals surface area contributed by atoms with E-state index in [1.807, 2.05) is 60.7 Å². The Balaban J connectivity index is 1.18. The molecule has 9 nitrogen and oxygen atoms in total. The second-order valence-corrected chi connectivity index (χ2v) is 12.9. The molecule has 234 valence electrons. The molecular weight excluding hydrogens is 636 g/mol. The van der Waals surface area contributed by atoms with E-state index in [1.54, 1.807) is 39.8 Å². The summed E-state index contributed by atoms with van der Waals surface area (Å²) in [6.07, 6.45) is 4.13. The highest BCUT2D eigenvalue weighted by atomic mass is 79.9. The Labute approximate surface area is 271 Å². The molecule has 1 saturated heterocycles. The molecule has 0 spiro atoms. The zero-order chi connectivity index (χ0) is 31.7. The molecule has 0 radical (unpaired) electrons. The van der Waals surface area contributed by atoms with Gasteiger partial charge in [0.15, 0.2) is 5.60 Å². The molecule has 3 aliphatic heterocycles. The molecule has 0 aliphatic carbocycles. The van der Waals surface area contributed by atoms with Crippen LogP contribution < -0.4 is 15.1 Å². The summed E-state index contributed by atoms with van der Waals surface area (Å²) in [6, 6.07) is 20.7. The van der Waals surface area contributed by atoms with Gasteiger partial charge in [-0.3, -0.25) is 14.4 Å². The Kier molecular flexibility index (Phi) is 8.92. The van der Waals surface area contributed by atoms with E-state index in [-0.39, 0.29) is 37.4 Å². The Hall–Kier alpha value is -3.83. The predicted octanol–water partition coefficient (Wildman–Crippen LogP) is 3.65. The van der Waals surface area contributed by atoms with Crippen LogP contribution in [0.15, 0.2) is 83.4 Å². The van der Waals surface area contributed by atoms with Gasteiger partial charge in [-0.2, -0.15) is 0 Å². The summed E-state index contributed by atoms with van der Waals surface area (Å²) in [4.78, 5) is 44.6. The number of hydrogen-bond acceptors (Lipinski definition) is 6. The largest absolute Gasteiger partial charge is 0.394 e. The average Bonchev–Trinajstić information content (AvgIpc) is 3.26. The van der Waals surface area contributed by atoms with E-state index in [0.717, 1.165) is 33.4 Å². The van der Waals surface area contributed by atoms with Crippen molar-refractivity contribution in [1.82, 2.24) is 10.2 Å². The van der Waals surface area contributed by atoms with Crippen molar-refractivity contribution < 1.29 is 24.6 Å². The van der Waals surface area contributed by atoms with E-state index in [0.29, 0.717) is 37.3 Å². The SMILES string of the molecule is C[C@@H](/C=C/CC(=O)N1Cc2ccccc2C[C@H]1CO)[C@]1(O)C(=O)N(Cc2ccc(N3CCNCC3=O)cc2)c2ccc(Br)cc21. The molecule has 1 fully saturated rings. The standard InChI is InChI=1S/C35H37BrN4O5/c1-23(5-4-8-32(42)39-21-26-7-3-2-6-25(26)17-29(39)22-41)35(45)30-18-27(36)11-14-31(30)40(34(35)44)20-24-9-12-28(13-10-24)38-16-15-37-19-33(38)43/h2-7,9-14,18,23,29,37,41,45H,8,15-17,19-22H2,1H3/b5-4+/t23-,29-,35+/m0/s1. The molecule has 0 unspecified atom stereocenters. The van der Waals surface area contributed by atoms with Crippen molar-refractivity contribution in [3.05, 3.63) is 106 Å². The molecule has 3 atom stereocenters. The number of benzene rings is 3. The van der Waals surface area contributed by atoms with Gasteiger partial charge in [-0.1, -0.05) is 71.4 Å². The third kappa shape index (κ3) is 5.95. The van der Waals surface area contributed by atoms with E-state index < -0.39 is 17.4 Å². The lowest BCUT2D eigenvalue weighted by Gasteiger charge is -2.36. The minimum Gasteiger partial charge on any atom is -0.394 e. The third-order valence-corrected chi connectivity index (χ3v) is 9.67. The maximum atomic E-state index is 14.0. The second kappa shape index (κ2) is 12.9.